The lowest BCUT2D eigenvalue weighted by Crippen LogP contribution is -2.39. The summed E-state index contributed by atoms with van der Waals surface area (Å²) in [6, 6.07) is 9.19. The number of benzene rings is 1. The number of hydrogen-bond acceptors (Lipinski definition) is 2. The summed E-state index contributed by atoms with van der Waals surface area (Å²) in [5.41, 5.74) is 1.56. The molecule has 2 atom stereocenters. The molecule has 1 aromatic rings. The molecule has 0 aliphatic carbocycles. The van der Waals surface area contributed by atoms with Gasteiger partial charge in [0.15, 0.2) is 0 Å². The van der Waals surface area contributed by atoms with Gasteiger partial charge in [-0.2, -0.15) is 0 Å². The smallest absolute Gasteiger partial charge is 0.234 e. The van der Waals surface area contributed by atoms with Crippen LogP contribution in [0.5, 0.6) is 0 Å². The second-order valence-corrected chi connectivity index (χ2v) is 14.0. The highest BCUT2D eigenvalue weighted by Crippen LogP contribution is 2.33. The highest BCUT2D eigenvalue weighted by molar-refractivity contribution is 14.1. The van der Waals surface area contributed by atoms with Gasteiger partial charge in [0.2, 0.25) is 5.52 Å². The molecule has 2 unspecified atom stereocenters. The Labute approximate surface area is 226 Å². The standard InChI is InChI=1S/C29H52INO2P/c1-5-6-7-8-9-10-12-15-18-26(27-20-22-28(30)23-21-27)19-16-13-11-14-17-24-34(33)29(32)25-31(2,3)4/h20-23,26,33H,5-19,24-25H2,1-4H3/q+1. The predicted octanol–water partition coefficient (Wildman–Crippen LogP) is 8.87. The average Bonchev–Trinajstić information content (AvgIpc) is 2.78. The lowest BCUT2D eigenvalue weighted by atomic mass is 9.88. The van der Waals surface area contributed by atoms with Crippen molar-refractivity contribution in [3.8, 4) is 0 Å². The zero-order valence-electron chi connectivity index (χ0n) is 22.5. The maximum atomic E-state index is 12.1. The molecule has 0 saturated heterocycles. The van der Waals surface area contributed by atoms with E-state index in [0.29, 0.717) is 23.1 Å². The summed E-state index contributed by atoms with van der Waals surface area (Å²) in [4.78, 5) is 22.3. The summed E-state index contributed by atoms with van der Waals surface area (Å²) in [7, 11) is 4.55. The second-order valence-electron chi connectivity index (χ2n) is 11.0. The van der Waals surface area contributed by atoms with Gasteiger partial charge in [0.05, 0.1) is 21.1 Å². The minimum Gasteiger partial charge on any atom is -0.366 e. The lowest BCUT2D eigenvalue weighted by Gasteiger charge is -2.23. The van der Waals surface area contributed by atoms with E-state index >= 15 is 0 Å². The molecule has 34 heavy (non-hydrogen) atoms. The molecule has 1 rings (SSSR count). The number of likely N-dealkylation sites (N-methyl/N-ethyl adjacent to an activating group) is 1. The minimum atomic E-state index is -1.44. The van der Waals surface area contributed by atoms with Gasteiger partial charge in [-0.1, -0.05) is 96.1 Å². The van der Waals surface area contributed by atoms with Crippen molar-refractivity contribution < 1.29 is 14.2 Å². The largest absolute Gasteiger partial charge is 0.366 e. The Morgan fingerprint density at radius 2 is 1.29 bits per heavy atom. The van der Waals surface area contributed by atoms with Gasteiger partial charge in [0, 0.05) is 3.57 Å². The maximum Gasteiger partial charge on any atom is 0.234 e. The van der Waals surface area contributed by atoms with E-state index in [1.54, 1.807) is 0 Å². The van der Waals surface area contributed by atoms with Crippen molar-refractivity contribution in [3.05, 3.63) is 33.4 Å². The summed E-state index contributed by atoms with van der Waals surface area (Å²) >= 11 is 2.40. The summed E-state index contributed by atoms with van der Waals surface area (Å²) < 4.78 is 1.91. The van der Waals surface area contributed by atoms with E-state index in [1.807, 2.05) is 21.1 Å². The predicted molar refractivity (Wildman–Crippen MR) is 159 cm³/mol. The number of nitrogens with zero attached hydrogens (tertiary/aromatic N) is 1. The third-order valence-electron chi connectivity index (χ3n) is 6.57. The Bertz CT molecular complexity index is 645. The van der Waals surface area contributed by atoms with Crippen molar-refractivity contribution in [1.29, 1.82) is 0 Å². The molecule has 196 valence electrons. The van der Waals surface area contributed by atoms with E-state index in [-0.39, 0.29) is 5.52 Å². The van der Waals surface area contributed by atoms with Crippen LogP contribution in [0, 0.1) is 3.57 Å². The van der Waals surface area contributed by atoms with Crippen molar-refractivity contribution in [3.63, 3.8) is 0 Å². The topological polar surface area (TPSA) is 37.3 Å². The second kappa shape index (κ2) is 19.1. The van der Waals surface area contributed by atoms with Crippen LogP contribution in [0.3, 0.4) is 0 Å². The monoisotopic (exact) mass is 604 g/mol. The van der Waals surface area contributed by atoms with Crippen molar-refractivity contribution >= 4 is 36.3 Å². The third kappa shape index (κ3) is 16.6. The van der Waals surface area contributed by atoms with Gasteiger partial charge < -0.3 is 9.38 Å². The van der Waals surface area contributed by atoms with Crippen LogP contribution in [0.15, 0.2) is 24.3 Å². The summed E-state index contributed by atoms with van der Waals surface area (Å²) in [5, 5.41) is 0. The fourth-order valence-corrected chi connectivity index (χ4v) is 6.25. The van der Waals surface area contributed by atoms with Crippen molar-refractivity contribution in [2.45, 2.75) is 109 Å². The van der Waals surface area contributed by atoms with Crippen LogP contribution in [0.1, 0.15) is 115 Å². The highest BCUT2D eigenvalue weighted by Gasteiger charge is 2.21. The van der Waals surface area contributed by atoms with Gasteiger partial charge in [-0.15, -0.1) is 0 Å². The van der Waals surface area contributed by atoms with E-state index in [0.717, 1.165) is 12.8 Å². The molecule has 0 saturated carbocycles. The van der Waals surface area contributed by atoms with Gasteiger partial charge in [-0.3, -0.25) is 4.79 Å². The van der Waals surface area contributed by atoms with Crippen molar-refractivity contribution in [2.24, 2.45) is 0 Å². The summed E-state index contributed by atoms with van der Waals surface area (Å²) in [6.45, 7) is 2.72. The normalized spacial score (nSPS) is 13.7. The first kappa shape index (κ1) is 32.0. The number of rotatable bonds is 21. The molecule has 5 heteroatoms. The zero-order valence-corrected chi connectivity index (χ0v) is 25.6. The molecular formula is C29H52INO2P+. The van der Waals surface area contributed by atoms with E-state index in [1.165, 1.54) is 92.6 Å². The molecule has 0 heterocycles. The Balaban J connectivity index is 2.27. The van der Waals surface area contributed by atoms with Crippen molar-refractivity contribution in [2.75, 3.05) is 33.8 Å². The first-order chi connectivity index (χ1) is 16.2. The minimum absolute atomic E-state index is 0.0452. The molecule has 0 bridgehead atoms. The number of halogens is 1. The van der Waals surface area contributed by atoms with E-state index in [4.69, 9.17) is 0 Å². The number of carbonyl (C=O) groups is 1. The Morgan fingerprint density at radius 3 is 1.79 bits per heavy atom. The summed E-state index contributed by atoms with van der Waals surface area (Å²) in [5.74, 6) is 0.690. The average molecular weight is 605 g/mol. The molecule has 1 aromatic carbocycles. The highest BCUT2D eigenvalue weighted by atomic mass is 127. The molecule has 0 radical (unpaired) electrons. The van der Waals surface area contributed by atoms with Crippen LogP contribution in [-0.2, 0) is 4.79 Å². The maximum absolute atomic E-state index is 12.1. The number of carbonyl (C=O) groups excluding carboxylic acids is 1. The number of unbranched alkanes of at least 4 members (excludes halogenated alkanes) is 11. The van der Waals surface area contributed by atoms with E-state index in [2.05, 4.69) is 53.8 Å². The Kier molecular flexibility index (Phi) is 18.0. The molecule has 0 spiro atoms. The van der Waals surface area contributed by atoms with E-state index < -0.39 is 8.15 Å². The van der Waals surface area contributed by atoms with Gasteiger partial charge in [-0.05, 0) is 71.6 Å². The first-order valence-corrected chi connectivity index (χ1v) is 16.3. The molecule has 0 fully saturated rings. The van der Waals surface area contributed by atoms with Gasteiger partial charge >= 0.3 is 0 Å². The van der Waals surface area contributed by atoms with Crippen LogP contribution in [0.4, 0.5) is 0 Å². The number of hydrogen-bond donors (Lipinski definition) is 1. The molecule has 3 nitrogen and oxygen atoms in total. The lowest BCUT2D eigenvalue weighted by molar-refractivity contribution is -0.861. The van der Waals surface area contributed by atoms with Crippen LogP contribution in [0.2, 0.25) is 0 Å². The van der Waals surface area contributed by atoms with Crippen LogP contribution in [-0.4, -0.2) is 48.8 Å². The van der Waals surface area contributed by atoms with Crippen LogP contribution in [0.25, 0.3) is 0 Å². The van der Waals surface area contributed by atoms with Gasteiger partial charge in [0.1, 0.15) is 14.7 Å². The third-order valence-corrected chi connectivity index (χ3v) is 8.74. The van der Waals surface area contributed by atoms with E-state index in [9.17, 15) is 9.69 Å². The van der Waals surface area contributed by atoms with Crippen molar-refractivity contribution in [1.82, 2.24) is 0 Å². The molecule has 1 N–H and O–H groups in total. The van der Waals surface area contributed by atoms with Gasteiger partial charge in [-0.25, -0.2) is 0 Å². The van der Waals surface area contributed by atoms with Crippen LogP contribution >= 0.6 is 30.7 Å². The SMILES string of the molecule is CCCCCCCCCCC(CCCCCCCP(O)C(=O)C[N+](C)(C)C)c1ccc(I)cc1. The molecule has 0 aliphatic heterocycles. The quantitative estimate of drug-likeness (QED) is 0.0659. The molecule has 0 aliphatic rings. The molecule has 0 amide bonds. The molecular weight excluding hydrogens is 552 g/mol. The Hall–Kier alpha value is -0.0300. The molecule has 0 aromatic heterocycles. The summed E-state index contributed by atoms with van der Waals surface area (Å²) in [6.07, 6.45) is 20.2. The fraction of sp³-hybridized carbons (Fsp3) is 0.759. The fourth-order valence-electron chi connectivity index (χ4n) is 4.53. The van der Waals surface area contributed by atoms with Crippen LogP contribution < -0.4 is 0 Å². The number of quaternary nitrogens is 1. The first-order valence-electron chi connectivity index (χ1n) is 13.8. The Morgan fingerprint density at radius 1 is 0.824 bits per heavy atom. The zero-order chi connectivity index (χ0) is 25.2. The van der Waals surface area contributed by atoms with Gasteiger partial charge in [0.25, 0.3) is 0 Å².